The number of thiophene rings is 1. The van der Waals surface area contributed by atoms with Gasteiger partial charge >= 0.3 is 0 Å². The standard InChI is InChI=1S/C11H16OS/c1-7-5-9(6-13-7)10-3-4-11(12)8(10)2/h5-6,8,10-12H,3-4H2,1-2H3. The van der Waals surface area contributed by atoms with Crippen LogP contribution in [-0.2, 0) is 0 Å². The normalized spacial score (nSPS) is 33.9. The summed E-state index contributed by atoms with van der Waals surface area (Å²) in [6.45, 7) is 4.31. The molecule has 0 aromatic carbocycles. The number of hydrogen-bond donors (Lipinski definition) is 1. The van der Waals surface area contributed by atoms with Gasteiger partial charge in [0.15, 0.2) is 0 Å². The van der Waals surface area contributed by atoms with Crippen LogP contribution in [0.4, 0.5) is 0 Å². The van der Waals surface area contributed by atoms with Crippen molar-refractivity contribution in [2.45, 2.75) is 38.7 Å². The Bertz CT molecular complexity index is 292. The summed E-state index contributed by atoms with van der Waals surface area (Å²) in [6.07, 6.45) is 2.05. The fraction of sp³-hybridized carbons (Fsp3) is 0.636. The van der Waals surface area contributed by atoms with E-state index in [4.69, 9.17) is 0 Å². The molecule has 0 aliphatic heterocycles. The van der Waals surface area contributed by atoms with Crippen LogP contribution in [-0.4, -0.2) is 11.2 Å². The molecule has 1 N–H and O–H groups in total. The highest BCUT2D eigenvalue weighted by Crippen LogP contribution is 2.40. The van der Waals surface area contributed by atoms with E-state index in [9.17, 15) is 5.11 Å². The molecule has 1 fully saturated rings. The maximum atomic E-state index is 9.64. The summed E-state index contributed by atoms with van der Waals surface area (Å²) in [5.74, 6) is 1.04. The van der Waals surface area contributed by atoms with Crippen LogP contribution in [0.1, 0.15) is 36.1 Å². The first-order valence-electron chi connectivity index (χ1n) is 4.91. The van der Waals surface area contributed by atoms with Crippen LogP contribution in [0.15, 0.2) is 11.4 Å². The predicted octanol–water partition coefficient (Wildman–Crippen LogP) is 2.93. The van der Waals surface area contributed by atoms with Gasteiger partial charge < -0.3 is 5.11 Å². The van der Waals surface area contributed by atoms with Gasteiger partial charge in [0.1, 0.15) is 0 Å². The van der Waals surface area contributed by atoms with Crippen LogP contribution in [0.25, 0.3) is 0 Å². The Balaban J connectivity index is 2.18. The Morgan fingerprint density at radius 3 is 2.69 bits per heavy atom. The highest BCUT2D eigenvalue weighted by Gasteiger charge is 2.32. The maximum absolute atomic E-state index is 9.64. The zero-order valence-corrected chi connectivity index (χ0v) is 8.97. The lowest BCUT2D eigenvalue weighted by Gasteiger charge is -2.15. The number of aryl methyl sites for hydroxylation is 1. The summed E-state index contributed by atoms with van der Waals surface area (Å²) < 4.78 is 0. The third-order valence-corrected chi connectivity index (χ3v) is 4.07. The average molecular weight is 196 g/mol. The lowest BCUT2D eigenvalue weighted by Crippen LogP contribution is -2.13. The molecule has 3 atom stereocenters. The summed E-state index contributed by atoms with van der Waals surface area (Å²) in [7, 11) is 0. The van der Waals surface area contributed by atoms with Crippen LogP contribution in [0.5, 0.6) is 0 Å². The Morgan fingerprint density at radius 1 is 1.46 bits per heavy atom. The summed E-state index contributed by atoms with van der Waals surface area (Å²) in [6, 6.07) is 2.27. The first kappa shape index (κ1) is 9.22. The molecule has 72 valence electrons. The van der Waals surface area contributed by atoms with E-state index in [0.29, 0.717) is 11.8 Å². The van der Waals surface area contributed by atoms with Gasteiger partial charge in [0, 0.05) is 4.88 Å². The molecule has 2 heteroatoms. The smallest absolute Gasteiger partial charge is 0.0571 e. The van der Waals surface area contributed by atoms with E-state index in [1.165, 1.54) is 10.4 Å². The van der Waals surface area contributed by atoms with Gasteiger partial charge in [0.25, 0.3) is 0 Å². The van der Waals surface area contributed by atoms with Gasteiger partial charge in [0.05, 0.1) is 6.10 Å². The first-order chi connectivity index (χ1) is 6.18. The molecular formula is C11H16OS. The third kappa shape index (κ3) is 1.65. The van der Waals surface area contributed by atoms with Crippen LogP contribution in [0.2, 0.25) is 0 Å². The van der Waals surface area contributed by atoms with Crippen LogP contribution < -0.4 is 0 Å². The van der Waals surface area contributed by atoms with E-state index in [1.54, 1.807) is 0 Å². The van der Waals surface area contributed by atoms with E-state index < -0.39 is 0 Å². The van der Waals surface area contributed by atoms with E-state index >= 15 is 0 Å². The van der Waals surface area contributed by atoms with Crippen LogP contribution >= 0.6 is 11.3 Å². The van der Waals surface area contributed by atoms with Crippen LogP contribution in [0, 0.1) is 12.8 Å². The molecule has 1 aromatic heterocycles. The van der Waals surface area contributed by atoms with Gasteiger partial charge in [-0.15, -0.1) is 11.3 Å². The van der Waals surface area contributed by atoms with Crippen molar-refractivity contribution >= 4 is 11.3 Å². The minimum atomic E-state index is -0.0785. The minimum absolute atomic E-state index is 0.0785. The molecule has 0 saturated heterocycles. The molecule has 0 radical (unpaired) electrons. The number of rotatable bonds is 1. The SMILES string of the molecule is Cc1cc(C2CCC(O)C2C)cs1. The molecule has 2 rings (SSSR count). The summed E-state index contributed by atoms with van der Waals surface area (Å²) in [4.78, 5) is 1.38. The van der Waals surface area contributed by atoms with Gasteiger partial charge in [-0.05, 0) is 48.6 Å². The van der Waals surface area contributed by atoms with E-state index in [1.807, 2.05) is 11.3 Å². The predicted molar refractivity (Wildman–Crippen MR) is 56.2 cm³/mol. The molecule has 1 aliphatic rings. The van der Waals surface area contributed by atoms with Gasteiger partial charge in [-0.2, -0.15) is 0 Å². The summed E-state index contributed by atoms with van der Waals surface area (Å²) >= 11 is 1.81. The highest BCUT2D eigenvalue weighted by molar-refractivity contribution is 7.10. The molecular weight excluding hydrogens is 180 g/mol. The molecule has 1 nitrogen and oxygen atoms in total. The Hall–Kier alpha value is -0.340. The number of hydrogen-bond acceptors (Lipinski definition) is 2. The van der Waals surface area contributed by atoms with Crippen molar-refractivity contribution in [3.8, 4) is 0 Å². The Kier molecular flexibility index (Phi) is 2.43. The van der Waals surface area contributed by atoms with Gasteiger partial charge in [-0.1, -0.05) is 6.92 Å². The molecule has 1 saturated carbocycles. The number of aliphatic hydroxyl groups excluding tert-OH is 1. The van der Waals surface area contributed by atoms with Gasteiger partial charge in [-0.3, -0.25) is 0 Å². The average Bonchev–Trinajstić information content (AvgIpc) is 2.62. The Labute approximate surface area is 83.4 Å². The Morgan fingerprint density at radius 2 is 2.23 bits per heavy atom. The monoisotopic (exact) mass is 196 g/mol. The zero-order chi connectivity index (χ0) is 9.42. The van der Waals surface area contributed by atoms with Crippen molar-refractivity contribution in [2.75, 3.05) is 0 Å². The summed E-state index contributed by atoms with van der Waals surface area (Å²) in [5, 5.41) is 11.9. The van der Waals surface area contributed by atoms with E-state index in [-0.39, 0.29) is 6.10 Å². The fourth-order valence-corrected chi connectivity index (χ4v) is 3.04. The molecule has 3 unspecified atom stereocenters. The van der Waals surface area contributed by atoms with Gasteiger partial charge in [0.2, 0.25) is 0 Å². The quantitative estimate of drug-likeness (QED) is 0.732. The van der Waals surface area contributed by atoms with Crippen molar-refractivity contribution in [1.29, 1.82) is 0 Å². The lowest BCUT2D eigenvalue weighted by molar-refractivity contribution is 0.136. The van der Waals surface area contributed by atoms with Crippen molar-refractivity contribution < 1.29 is 5.11 Å². The maximum Gasteiger partial charge on any atom is 0.0571 e. The van der Waals surface area contributed by atoms with Crippen molar-refractivity contribution in [1.82, 2.24) is 0 Å². The topological polar surface area (TPSA) is 20.2 Å². The fourth-order valence-electron chi connectivity index (χ4n) is 2.27. The lowest BCUT2D eigenvalue weighted by atomic mass is 9.91. The minimum Gasteiger partial charge on any atom is -0.393 e. The largest absolute Gasteiger partial charge is 0.393 e. The van der Waals surface area contributed by atoms with Gasteiger partial charge in [-0.25, -0.2) is 0 Å². The second-order valence-corrected chi connectivity index (χ2v) is 5.22. The van der Waals surface area contributed by atoms with Crippen molar-refractivity contribution in [3.63, 3.8) is 0 Å². The van der Waals surface area contributed by atoms with Crippen molar-refractivity contribution in [3.05, 3.63) is 21.9 Å². The molecule has 0 amide bonds. The molecule has 1 aliphatic carbocycles. The van der Waals surface area contributed by atoms with E-state index in [0.717, 1.165) is 12.8 Å². The van der Waals surface area contributed by atoms with E-state index in [2.05, 4.69) is 25.3 Å². The first-order valence-corrected chi connectivity index (χ1v) is 5.79. The molecule has 1 aromatic rings. The second-order valence-electron chi connectivity index (χ2n) is 4.10. The second kappa shape index (κ2) is 3.43. The zero-order valence-electron chi connectivity index (χ0n) is 8.16. The molecule has 0 bridgehead atoms. The molecule has 0 spiro atoms. The molecule has 13 heavy (non-hydrogen) atoms. The van der Waals surface area contributed by atoms with Crippen molar-refractivity contribution in [2.24, 2.45) is 5.92 Å². The van der Waals surface area contributed by atoms with Crippen LogP contribution in [0.3, 0.4) is 0 Å². The summed E-state index contributed by atoms with van der Waals surface area (Å²) in [5.41, 5.74) is 1.44. The number of aliphatic hydroxyl groups is 1. The highest BCUT2D eigenvalue weighted by atomic mass is 32.1. The molecule has 1 heterocycles. The third-order valence-electron chi connectivity index (χ3n) is 3.19.